The first-order valence-electron chi connectivity index (χ1n) is 9.33. The zero-order valence-corrected chi connectivity index (χ0v) is 17.8. The van der Waals surface area contributed by atoms with Gasteiger partial charge in [-0.25, -0.2) is 4.98 Å². The van der Waals surface area contributed by atoms with E-state index in [0.29, 0.717) is 18.9 Å². The number of aromatic nitrogens is 1. The molecule has 3 heterocycles. The fourth-order valence-corrected chi connectivity index (χ4v) is 3.45. The smallest absolute Gasteiger partial charge is 0.221 e. The SMILES string of the molecule is Cc1nc(CN2CCC(CNC(=O)CC3COCCN3)CC2)oc1C.Cl.Cl. The average molecular weight is 423 g/mol. The first-order valence-corrected chi connectivity index (χ1v) is 9.33. The molecule has 7 nitrogen and oxygen atoms in total. The van der Waals surface area contributed by atoms with E-state index in [1.807, 2.05) is 13.8 Å². The van der Waals surface area contributed by atoms with Crippen LogP contribution in [0, 0.1) is 19.8 Å². The highest BCUT2D eigenvalue weighted by molar-refractivity contribution is 5.85. The van der Waals surface area contributed by atoms with Gasteiger partial charge in [-0.1, -0.05) is 0 Å². The van der Waals surface area contributed by atoms with Gasteiger partial charge in [0.15, 0.2) is 0 Å². The molecule has 2 N–H and O–H groups in total. The van der Waals surface area contributed by atoms with Crippen molar-refractivity contribution in [2.45, 2.75) is 45.7 Å². The second-order valence-electron chi connectivity index (χ2n) is 7.20. The zero-order chi connectivity index (χ0) is 17.6. The van der Waals surface area contributed by atoms with Gasteiger partial charge in [-0.15, -0.1) is 24.8 Å². The number of ether oxygens (including phenoxy) is 1. The van der Waals surface area contributed by atoms with Crippen LogP contribution in [0.25, 0.3) is 0 Å². The summed E-state index contributed by atoms with van der Waals surface area (Å²) in [5.74, 6) is 2.40. The summed E-state index contributed by atoms with van der Waals surface area (Å²) in [7, 11) is 0. The molecule has 156 valence electrons. The van der Waals surface area contributed by atoms with Gasteiger partial charge >= 0.3 is 0 Å². The summed E-state index contributed by atoms with van der Waals surface area (Å²) < 4.78 is 11.1. The van der Waals surface area contributed by atoms with Gasteiger partial charge in [-0.2, -0.15) is 0 Å². The Labute approximate surface area is 173 Å². The van der Waals surface area contributed by atoms with Crippen LogP contribution in [0.3, 0.4) is 0 Å². The number of amides is 1. The summed E-state index contributed by atoms with van der Waals surface area (Å²) in [5, 5.41) is 6.41. The minimum absolute atomic E-state index is 0. The van der Waals surface area contributed by atoms with Crippen molar-refractivity contribution in [3.8, 4) is 0 Å². The highest BCUT2D eigenvalue weighted by atomic mass is 35.5. The predicted octanol–water partition coefficient (Wildman–Crippen LogP) is 1.84. The number of halogens is 2. The Kier molecular flexibility index (Phi) is 10.6. The van der Waals surface area contributed by atoms with E-state index >= 15 is 0 Å². The van der Waals surface area contributed by atoms with Crippen molar-refractivity contribution in [1.82, 2.24) is 20.5 Å². The number of carbonyl (C=O) groups is 1. The summed E-state index contributed by atoms with van der Waals surface area (Å²) in [6, 6.07) is 0.156. The third-order valence-corrected chi connectivity index (χ3v) is 5.16. The molecule has 1 atom stereocenters. The molecule has 0 aromatic carbocycles. The van der Waals surface area contributed by atoms with Crippen molar-refractivity contribution in [3.05, 3.63) is 17.3 Å². The standard InChI is InChI=1S/C18H30N4O3.2ClH/c1-13-14(2)25-18(21-13)11-22-6-3-15(4-7-22)10-20-17(23)9-16-12-24-8-5-19-16;;/h15-16,19H,3-12H2,1-2H3,(H,20,23);2*1H. The Balaban J connectivity index is 0.00000182. The Hall–Kier alpha value is -0.860. The topological polar surface area (TPSA) is 79.6 Å². The van der Waals surface area contributed by atoms with Crippen LogP contribution in [-0.4, -0.2) is 61.2 Å². The van der Waals surface area contributed by atoms with Crippen molar-refractivity contribution in [2.75, 3.05) is 39.4 Å². The van der Waals surface area contributed by atoms with Crippen LogP contribution in [0.4, 0.5) is 0 Å². The summed E-state index contributed by atoms with van der Waals surface area (Å²) in [4.78, 5) is 18.9. The van der Waals surface area contributed by atoms with Crippen LogP contribution < -0.4 is 10.6 Å². The van der Waals surface area contributed by atoms with Gasteiger partial charge in [0.05, 0.1) is 25.5 Å². The molecule has 2 aliphatic rings. The Morgan fingerprint density at radius 3 is 2.63 bits per heavy atom. The highest BCUT2D eigenvalue weighted by Gasteiger charge is 2.22. The van der Waals surface area contributed by atoms with E-state index in [4.69, 9.17) is 9.15 Å². The first kappa shape index (κ1) is 24.2. The number of aryl methyl sites for hydroxylation is 2. The number of hydrogen-bond donors (Lipinski definition) is 2. The second kappa shape index (κ2) is 11.9. The lowest BCUT2D eigenvalue weighted by Crippen LogP contribution is -2.45. The van der Waals surface area contributed by atoms with Crippen molar-refractivity contribution in [3.63, 3.8) is 0 Å². The maximum atomic E-state index is 12.1. The van der Waals surface area contributed by atoms with Crippen LogP contribution in [0.1, 0.15) is 36.6 Å². The largest absolute Gasteiger partial charge is 0.444 e. The molecule has 1 amide bonds. The van der Waals surface area contributed by atoms with Crippen molar-refractivity contribution < 1.29 is 13.9 Å². The fourth-order valence-electron chi connectivity index (χ4n) is 3.45. The molecule has 0 spiro atoms. The van der Waals surface area contributed by atoms with Crippen molar-refractivity contribution in [2.24, 2.45) is 5.92 Å². The molecule has 2 aliphatic heterocycles. The van der Waals surface area contributed by atoms with Gasteiger partial charge in [0, 0.05) is 25.6 Å². The molecule has 3 rings (SSSR count). The van der Waals surface area contributed by atoms with Gasteiger partial charge in [-0.05, 0) is 45.7 Å². The molecule has 1 aromatic heterocycles. The van der Waals surface area contributed by atoms with Gasteiger partial charge < -0.3 is 19.8 Å². The molecular formula is C18H32Cl2N4O3. The van der Waals surface area contributed by atoms with E-state index in [9.17, 15) is 4.79 Å². The summed E-state index contributed by atoms with van der Waals surface area (Å²) in [5.41, 5.74) is 0.977. The van der Waals surface area contributed by atoms with E-state index in [2.05, 4.69) is 20.5 Å². The average Bonchev–Trinajstić information content (AvgIpc) is 2.92. The van der Waals surface area contributed by atoms with E-state index in [-0.39, 0.29) is 36.8 Å². The minimum Gasteiger partial charge on any atom is -0.444 e. The normalized spacial score (nSPS) is 21.2. The molecule has 0 saturated carbocycles. The van der Waals surface area contributed by atoms with Crippen LogP contribution in [0.15, 0.2) is 4.42 Å². The molecule has 0 radical (unpaired) electrons. The molecule has 0 aliphatic carbocycles. The molecule has 0 bridgehead atoms. The summed E-state index contributed by atoms with van der Waals surface area (Å²) in [6.07, 6.45) is 2.70. The van der Waals surface area contributed by atoms with E-state index < -0.39 is 0 Å². The minimum atomic E-state index is 0. The lowest BCUT2D eigenvalue weighted by atomic mass is 9.96. The Morgan fingerprint density at radius 2 is 2.04 bits per heavy atom. The first-order chi connectivity index (χ1) is 12.1. The third kappa shape index (κ3) is 7.58. The van der Waals surface area contributed by atoms with Gasteiger partial charge in [0.25, 0.3) is 0 Å². The quantitative estimate of drug-likeness (QED) is 0.727. The van der Waals surface area contributed by atoms with Crippen molar-refractivity contribution in [1.29, 1.82) is 0 Å². The van der Waals surface area contributed by atoms with E-state index in [1.54, 1.807) is 0 Å². The maximum absolute atomic E-state index is 12.1. The van der Waals surface area contributed by atoms with Crippen LogP contribution in [0.5, 0.6) is 0 Å². The molecule has 27 heavy (non-hydrogen) atoms. The van der Waals surface area contributed by atoms with Crippen molar-refractivity contribution >= 4 is 30.7 Å². The Morgan fingerprint density at radius 1 is 1.30 bits per heavy atom. The van der Waals surface area contributed by atoms with E-state index in [1.165, 1.54) is 0 Å². The van der Waals surface area contributed by atoms with Gasteiger partial charge in [-0.3, -0.25) is 9.69 Å². The number of hydrogen-bond acceptors (Lipinski definition) is 6. The molecule has 2 saturated heterocycles. The van der Waals surface area contributed by atoms with Gasteiger partial charge in [0.1, 0.15) is 5.76 Å². The third-order valence-electron chi connectivity index (χ3n) is 5.16. The lowest BCUT2D eigenvalue weighted by molar-refractivity contribution is -0.122. The number of likely N-dealkylation sites (tertiary alicyclic amines) is 1. The molecule has 1 unspecified atom stereocenters. The molecular weight excluding hydrogens is 391 g/mol. The summed E-state index contributed by atoms with van der Waals surface area (Å²) in [6.45, 7) is 9.74. The van der Waals surface area contributed by atoms with Crippen LogP contribution >= 0.6 is 24.8 Å². The summed E-state index contributed by atoms with van der Waals surface area (Å²) >= 11 is 0. The van der Waals surface area contributed by atoms with Crippen LogP contribution in [-0.2, 0) is 16.1 Å². The highest BCUT2D eigenvalue weighted by Crippen LogP contribution is 2.19. The van der Waals surface area contributed by atoms with Gasteiger partial charge in [0.2, 0.25) is 11.8 Å². The number of morpholine rings is 1. The second-order valence-corrected chi connectivity index (χ2v) is 7.20. The van der Waals surface area contributed by atoms with Crippen LogP contribution in [0.2, 0.25) is 0 Å². The number of nitrogens with one attached hydrogen (secondary N) is 2. The maximum Gasteiger partial charge on any atom is 0.221 e. The fraction of sp³-hybridized carbons (Fsp3) is 0.778. The number of rotatable bonds is 6. The number of piperidine rings is 1. The molecule has 1 aromatic rings. The predicted molar refractivity (Wildman–Crippen MR) is 109 cm³/mol. The number of oxazole rings is 1. The zero-order valence-electron chi connectivity index (χ0n) is 16.2. The Bertz CT molecular complexity index is 551. The lowest BCUT2D eigenvalue weighted by Gasteiger charge is -2.31. The monoisotopic (exact) mass is 422 g/mol. The number of nitrogens with zero attached hydrogens (tertiary/aromatic N) is 2. The molecule has 9 heteroatoms. The molecule has 2 fully saturated rings. The number of carbonyl (C=O) groups excluding carboxylic acids is 1. The van der Waals surface area contributed by atoms with E-state index in [0.717, 1.165) is 69.5 Å².